The Labute approximate surface area is 174 Å². The molecule has 9 nitrogen and oxygen atoms in total. The molecule has 0 aliphatic rings. The highest BCUT2D eigenvalue weighted by Crippen LogP contribution is 2.17. The molecule has 0 saturated carbocycles. The number of carbonyl (C=O) groups is 3. The van der Waals surface area contributed by atoms with Gasteiger partial charge in [-0.25, -0.2) is 18.0 Å². The number of amides is 3. The Kier molecular flexibility index (Phi) is 7.54. The minimum Gasteiger partial charge on any atom is -0.449 e. The van der Waals surface area contributed by atoms with Crippen LogP contribution in [-0.2, 0) is 19.6 Å². The molecule has 0 spiro atoms. The number of imide groups is 1. The predicted octanol–water partition coefficient (Wildman–Crippen LogP) is 2.19. The number of benzene rings is 2. The van der Waals surface area contributed by atoms with Crippen molar-refractivity contribution in [3.8, 4) is 0 Å². The second kappa shape index (κ2) is 9.88. The van der Waals surface area contributed by atoms with Crippen molar-refractivity contribution < 1.29 is 27.5 Å². The fraction of sp³-hybridized carbons (Fsp3) is 0.250. The summed E-state index contributed by atoms with van der Waals surface area (Å²) in [4.78, 5) is 35.3. The molecule has 0 heterocycles. The van der Waals surface area contributed by atoms with Crippen LogP contribution in [0.25, 0.3) is 0 Å². The number of urea groups is 1. The van der Waals surface area contributed by atoms with Gasteiger partial charge < -0.3 is 10.1 Å². The van der Waals surface area contributed by atoms with Crippen LogP contribution in [0.4, 0.5) is 10.5 Å². The molecule has 30 heavy (non-hydrogen) atoms. The molecule has 0 saturated heterocycles. The van der Waals surface area contributed by atoms with Gasteiger partial charge in [0.15, 0.2) is 6.10 Å². The molecular weight excluding hydrogens is 410 g/mol. The maximum Gasteiger partial charge on any atom is 0.338 e. The van der Waals surface area contributed by atoms with E-state index in [1.54, 1.807) is 31.2 Å². The number of rotatable bonds is 7. The SMILES string of the molecule is CCNC(=O)NC(=O)C(C)OC(=O)c1ccc(S(=O)(=O)Nc2ccc(C)cc2)cc1. The minimum absolute atomic E-state index is 0.0401. The highest BCUT2D eigenvalue weighted by molar-refractivity contribution is 7.92. The largest absolute Gasteiger partial charge is 0.449 e. The highest BCUT2D eigenvalue weighted by atomic mass is 32.2. The van der Waals surface area contributed by atoms with Crippen LogP contribution < -0.4 is 15.4 Å². The molecule has 1 unspecified atom stereocenters. The zero-order chi connectivity index (χ0) is 22.3. The number of hydrogen-bond donors (Lipinski definition) is 3. The molecule has 0 aromatic heterocycles. The number of ether oxygens (including phenoxy) is 1. The van der Waals surface area contributed by atoms with E-state index in [0.717, 1.165) is 5.56 Å². The van der Waals surface area contributed by atoms with E-state index in [4.69, 9.17) is 4.74 Å². The van der Waals surface area contributed by atoms with Crippen molar-refractivity contribution in [2.24, 2.45) is 0 Å². The second-order valence-corrected chi connectivity index (χ2v) is 8.07. The molecule has 2 aromatic rings. The molecule has 1 atom stereocenters. The third kappa shape index (κ3) is 6.31. The van der Waals surface area contributed by atoms with E-state index in [0.29, 0.717) is 12.2 Å². The van der Waals surface area contributed by atoms with Crippen molar-refractivity contribution in [2.45, 2.75) is 31.8 Å². The predicted molar refractivity (Wildman–Crippen MR) is 111 cm³/mol. The van der Waals surface area contributed by atoms with E-state index in [9.17, 15) is 22.8 Å². The van der Waals surface area contributed by atoms with Gasteiger partial charge in [0.05, 0.1) is 10.5 Å². The maximum atomic E-state index is 12.5. The first-order valence-electron chi connectivity index (χ1n) is 9.11. The van der Waals surface area contributed by atoms with Gasteiger partial charge >= 0.3 is 12.0 Å². The van der Waals surface area contributed by atoms with E-state index in [1.165, 1.54) is 31.2 Å². The Morgan fingerprint density at radius 2 is 1.60 bits per heavy atom. The van der Waals surface area contributed by atoms with E-state index in [-0.39, 0.29) is 10.5 Å². The Bertz CT molecular complexity index is 1020. The average molecular weight is 433 g/mol. The average Bonchev–Trinajstić information content (AvgIpc) is 2.69. The van der Waals surface area contributed by atoms with E-state index >= 15 is 0 Å². The number of nitrogens with one attached hydrogen (secondary N) is 3. The van der Waals surface area contributed by atoms with Crippen LogP contribution in [0.1, 0.15) is 29.8 Å². The fourth-order valence-electron chi connectivity index (χ4n) is 2.31. The van der Waals surface area contributed by atoms with Gasteiger partial charge in [0.25, 0.3) is 15.9 Å². The summed E-state index contributed by atoms with van der Waals surface area (Å²) in [7, 11) is -3.83. The monoisotopic (exact) mass is 433 g/mol. The van der Waals surface area contributed by atoms with Crippen molar-refractivity contribution in [1.29, 1.82) is 0 Å². The highest BCUT2D eigenvalue weighted by Gasteiger charge is 2.21. The standard InChI is InChI=1S/C20H23N3O6S/c1-4-21-20(26)22-18(24)14(3)29-19(25)15-7-11-17(12-8-15)30(27,28)23-16-9-5-13(2)6-10-16/h5-12,14,23H,4H2,1-3H3,(H2,21,22,24,26). The first-order valence-corrected chi connectivity index (χ1v) is 10.6. The van der Waals surface area contributed by atoms with Crippen molar-refractivity contribution in [3.05, 3.63) is 59.7 Å². The molecule has 2 rings (SSSR count). The van der Waals surface area contributed by atoms with E-state index < -0.39 is 34.0 Å². The lowest BCUT2D eigenvalue weighted by Crippen LogP contribution is -2.44. The summed E-state index contributed by atoms with van der Waals surface area (Å²) in [5.74, 6) is -1.61. The Morgan fingerprint density at radius 1 is 1.00 bits per heavy atom. The zero-order valence-electron chi connectivity index (χ0n) is 16.8. The molecule has 0 radical (unpaired) electrons. The summed E-state index contributed by atoms with van der Waals surface area (Å²) in [5, 5.41) is 4.42. The summed E-state index contributed by atoms with van der Waals surface area (Å²) in [6.45, 7) is 5.23. The van der Waals surface area contributed by atoms with Crippen molar-refractivity contribution in [2.75, 3.05) is 11.3 Å². The molecule has 0 bridgehead atoms. The van der Waals surface area contributed by atoms with E-state index in [2.05, 4.69) is 10.0 Å². The lowest BCUT2D eigenvalue weighted by molar-refractivity contribution is -0.127. The number of aryl methyl sites for hydroxylation is 1. The smallest absolute Gasteiger partial charge is 0.338 e. The van der Waals surface area contributed by atoms with Crippen LogP contribution in [0.5, 0.6) is 0 Å². The zero-order valence-corrected chi connectivity index (χ0v) is 17.6. The normalized spacial score (nSPS) is 11.8. The van der Waals surface area contributed by atoms with Gasteiger partial charge in [0.1, 0.15) is 0 Å². The summed E-state index contributed by atoms with van der Waals surface area (Å²) in [5.41, 5.74) is 1.47. The molecule has 3 amide bonds. The minimum atomic E-state index is -3.83. The number of esters is 1. The number of hydrogen-bond acceptors (Lipinski definition) is 6. The van der Waals surface area contributed by atoms with Crippen LogP contribution in [0.2, 0.25) is 0 Å². The fourth-order valence-corrected chi connectivity index (χ4v) is 3.36. The van der Waals surface area contributed by atoms with Gasteiger partial charge in [0, 0.05) is 12.2 Å². The van der Waals surface area contributed by atoms with Gasteiger partial charge in [-0.1, -0.05) is 17.7 Å². The number of sulfonamides is 1. The topological polar surface area (TPSA) is 131 Å². The molecule has 0 aliphatic carbocycles. The van der Waals surface area contributed by atoms with Crippen LogP contribution in [0.3, 0.4) is 0 Å². The summed E-state index contributed by atoms with van der Waals surface area (Å²) in [6.07, 6.45) is -1.22. The molecular formula is C20H23N3O6S. The van der Waals surface area contributed by atoms with Gasteiger partial charge in [-0.3, -0.25) is 14.8 Å². The molecule has 2 aromatic carbocycles. The van der Waals surface area contributed by atoms with Gasteiger partial charge in [-0.05, 0) is 57.2 Å². The third-order valence-corrected chi connectivity index (χ3v) is 5.33. The Hall–Kier alpha value is -3.40. The number of anilines is 1. The summed E-state index contributed by atoms with van der Waals surface area (Å²) in [6, 6.07) is 11.2. The first kappa shape index (κ1) is 22.9. The van der Waals surface area contributed by atoms with E-state index in [1.807, 2.05) is 12.2 Å². The van der Waals surface area contributed by atoms with Crippen LogP contribution in [0.15, 0.2) is 53.4 Å². The lowest BCUT2D eigenvalue weighted by atomic mass is 10.2. The molecule has 160 valence electrons. The summed E-state index contributed by atoms with van der Waals surface area (Å²) < 4.78 is 32.4. The van der Waals surface area contributed by atoms with Crippen LogP contribution in [0, 0.1) is 6.92 Å². The Balaban J connectivity index is 2.01. The maximum absolute atomic E-state index is 12.5. The second-order valence-electron chi connectivity index (χ2n) is 6.39. The molecule has 0 aliphatic heterocycles. The van der Waals surface area contributed by atoms with Gasteiger partial charge in [0.2, 0.25) is 0 Å². The molecule has 0 fully saturated rings. The number of carbonyl (C=O) groups excluding carboxylic acids is 3. The molecule has 3 N–H and O–H groups in total. The summed E-state index contributed by atoms with van der Waals surface area (Å²) >= 11 is 0. The van der Waals surface area contributed by atoms with Crippen LogP contribution >= 0.6 is 0 Å². The van der Waals surface area contributed by atoms with Gasteiger partial charge in [-0.15, -0.1) is 0 Å². The van der Waals surface area contributed by atoms with Crippen molar-refractivity contribution >= 4 is 33.6 Å². The lowest BCUT2D eigenvalue weighted by Gasteiger charge is -2.13. The molecule has 10 heteroatoms. The quantitative estimate of drug-likeness (QED) is 0.574. The Morgan fingerprint density at radius 3 is 2.17 bits per heavy atom. The van der Waals surface area contributed by atoms with Gasteiger partial charge in [-0.2, -0.15) is 0 Å². The van der Waals surface area contributed by atoms with Crippen molar-refractivity contribution in [1.82, 2.24) is 10.6 Å². The van der Waals surface area contributed by atoms with Crippen LogP contribution in [-0.4, -0.2) is 39.0 Å². The van der Waals surface area contributed by atoms with Crippen molar-refractivity contribution in [3.63, 3.8) is 0 Å². The third-order valence-electron chi connectivity index (χ3n) is 3.93. The first-order chi connectivity index (χ1) is 14.1.